The van der Waals surface area contributed by atoms with E-state index in [4.69, 9.17) is 0 Å². The number of rotatable bonds is 4. The van der Waals surface area contributed by atoms with Gasteiger partial charge in [-0.2, -0.15) is 0 Å². The number of carbonyl (C=O) groups is 2. The summed E-state index contributed by atoms with van der Waals surface area (Å²) in [6, 6.07) is -0.296. The zero-order chi connectivity index (χ0) is 16.2. The predicted octanol–water partition coefficient (Wildman–Crippen LogP) is 1.24. The Kier molecular flexibility index (Phi) is 3.54. The highest BCUT2D eigenvalue weighted by Crippen LogP contribution is 2.50. The minimum atomic E-state index is -1.17. The van der Waals surface area contributed by atoms with E-state index in [1.165, 1.54) is 28.0 Å². The Morgan fingerprint density at radius 1 is 1.45 bits per heavy atom. The molecule has 0 saturated carbocycles. The van der Waals surface area contributed by atoms with Crippen LogP contribution in [0.5, 0.6) is 0 Å². The zero-order valence-corrected chi connectivity index (χ0v) is 13.9. The molecule has 1 saturated heterocycles. The molecule has 2 aliphatic rings. The highest BCUT2D eigenvalue weighted by atomic mass is 32.2. The van der Waals surface area contributed by atoms with Gasteiger partial charge in [-0.3, -0.25) is 4.79 Å². The molecular formula is C13H15N3O4S2. The third-order valence-electron chi connectivity index (χ3n) is 3.80. The van der Waals surface area contributed by atoms with Crippen molar-refractivity contribution >= 4 is 35.0 Å². The standard InChI is InChI=1S/C13H15N3O4S2/c1-5-14-15-12(21-5)22-7-4-6-8(13(2,3)20)10(17)16(6)9(7)11(18)19/h6,8,20H,4H2,1-3H3,(H,18,19)/t6-,8+/m1/s1. The summed E-state index contributed by atoms with van der Waals surface area (Å²) in [7, 11) is 0. The van der Waals surface area contributed by atoms with Gasteiger partial charge in [0.15, 0.2) is 4.34 Å². The van der Waals surface area contributed by atoms with Crippen LogP contribution in [0.4, 0.5) is 0 Å². The molecule has 3 rings (SSSR count). The lowest BCUT2D eigenvalue weighted by Crippen LogP contribution is -2.65. The normalized spacial score (nSPS) is 24.5. The minimum Gasteiger partial charge on any atom is -0.477 e. The Morgan fingerprint density at radius 3 is 2.64 bits per heavy atom. The van der Waals surface area contributed by atoms with E-state index in [9.17, 15) is 19.8 Å². The number of carbonyl (C=O) groups excluding carboxylic acids is 1. The van der Waals surface area contributed by atoms with Gasteiger partial charge in [0, 0.05) is 11.3 Å². The molecule has 0 aliphatic carbocycles. The van der Waals surface area contributed by atoms with Gasteiger partial charge in [-0.05, 0) is 20.8 Å². The second kappa shape index (κ2) is 5.04. The molecule has 2 N–H and O–H groups in total. The van der Waals surface area contributed by atoms with Crippen LogP contribution in [0, 0.1) is 12.8 Å². The first-order chi connectivity index (χ1) is 10.2. The Morgan fingerprint density at radius 2 is 2.14 bits per heavy atom. The van der Waals surface area contributed by atoms with Gasteiger partial charge < -0.3 is 15.1 Å². The van der Waals surface area contributed by atoms with Crippen molar-refractivity contribution in [1.82, 2.24) is 15.1 Å². The summed E-state index contributed by atoms with van der Waals surface area (Å²) in [5.41, 5.74) is -1.16. The van der Waals surface area contributed by atoms with Crippen LogP contribution in [0.2, 0.25) is 0 Å². The Bertz CT molecular complexity index is 692. The lowest BCUT2D eigenvalue weighted by atomic mass is 9.76. The number of fused-ring (bicyclic) bond motifs is 1. The van der Waals surface area contributed by atoms with E-state index < -0.39 is 17.5 Å². The van der Waals surface area contributed by atoms with Gasteiger partial charge in [-0.25, -0.2) is 4.79 Å². The molecule has 7 nitrogen and oxygen atoms in total. The molecule has 1 aromatic heterocycles. The molecule has 1 amide bonds. The average molecular weight is 341 g/mol. The summed E-state index contributed by atoms with van der Waals surface area (Å²) in [5, 5.41) is 28.2. The monoisotopic (exact) mass is 341 g/mol. The van der Waals surface area contributed by atoms with Crippen molar-refractivity contribution in [1.29, 1.82) is 0 Å². The first-order valence-corrected chi connectivity index (χ1v) is 8.33. The molecule has 0 bridgehead atoms. The first kappa shape index (κ1) is 15.4. The molecule has 118 valence electrons. The average Bonchev–Trinajstić information content (AvgIpc) is 2.90. The molecule has 0 aromatic carbocycles. The number of thioether (sulfide) groups is 1. The lowest BCUT2D eigenvalue weighted by molar-refractivity contribution is -0.169. The molecule has 0 unspecified atom stereocenters. The molecule has 0 radical (unpaired) electrons. The molecular weight excluding hydrogens is 326 g/mol. The van der Waals surface area contributed by atoms with Gasteiger partial charge in [0.2, 0.25) is 5.91 Å². The van der Waals surface area contributed by atoms with Crippen molar-refractivity contribution in [2.75, 3.05) is 0 Å². The van der Waals surface area contributed by atoms with Crippen LogP contribution in [-0.4, -0.2) is 48.8 Å². The zero-order valence-electron chi connectivity index (χ0n) is 12.2. The fraction of sp³-hybridized carbons (Fsp3) is 0.538. The number of aliphatic hydroxyl groups is 1. The van der Waals surface area contributed by atoms with Crippen molar-refractivity contribution in [2.24, 2.45) is 5.92 Å². The molecule has 2 atom stereocenters. The van der Waals surface area contributed by atoms with E-state index in [1.807, 2.05) is 6.92 Å². The lowest BCUT2D eigenvalue weighted by Gasteiger charge is -2.48. The van der Waals surface area contributed by atoms with Crippen LogP contribution in [0.25, 0.3) is 0 Å². The quantitative estimate of drug-likeness (QED) is 0.794. The second-order valence-electron chi connectivity index (χ2n) is 5.88. The Balaban J connectivity index is 1.90. The van der Waals surface area contributed by atoms with Crippen molar-refractivity contribution in [3.63, 3.8) is 0 Å². The third kappa shape index (κ3) is 2.33. The van der Waals surface area contributed by atoms with E-state index in [-0.39, 0.29) is 17.6 Å². The Hall–Kier alpha value is -1.45. The van der Waals surface area contributed by atoms with Crippen LogP contribution in [-0.2, 0) is 9.59 Å². The van der Waals surface area contributed by atoms with E-state index in [0.717, 1.165) is 5.01 Å². The predicted molar refractivity (Wildman–Crippen MR) is 80.2 cm³/mol. The Labute approximate surface area is 135 Å². The summed E-state index contributed by atoms with van der Waals surface area (Å²) in [6.45, 7) is 4.98. The van der Waals surface area contributed by atoms with Crippen molar-refractivity contribution in [3.05, 3.63) is 15.6 Å². The van der Waals surface area contributed by atoms with E-state index >= 15 is 0 Å². The van der Waals surface area contributed by atoms with E-state index in [1.54, 1.807) is 13.8 Å². The van der Waals surface area contributed by atoms with Crippen molar-refractivity contribution in [3.8, 4) is 0 Å². The van der Waals surface area contributed by atoms with Gasteiger partial charge in [-0.15, -0.1) is 10.2 Å². The minimum absolute atomic E-state index is 0.00773. The number of carboxylic acid groups (broad SMARTS) is 1. The van der Waals surface area contributed by atoms with Crippen LogP contribution in [0.3, 0.4) is 0 Å². The van der Waals surface area contributed by atoms with Crippen LogP contribution in [0.1, 0.15) is 25.3 Å². The largest absolute Gasteiger partial charge is 0.477 e. The second-order valence-corrected chi connectivity index (χ2v) is 8.40. The van der Waals surface area contributed by atoms with Gasteiger partial charge in [0.1, 0.15) is 10.7 Å². The summed E-state index contributed by atoms with van der Waals surface area (Å²) >= 11 is 2.62. The maximum Gasteiger partial charge on any atom is 0.353 e. The van der Waals surface area contributed by atoms with Crippen molar-refractivity contribution < 1.29 is 19.8 Å². The fourth-order valence-corrected chi connectivity index (χ4v) is 5.04. The highest BCUT2D eigenvalue weighted by Gasteiger charge is 2.59. The molecule has 1 aromatic rings. The molecule has 1 fully saturated rings. The van der Waals surface area contributed by atoms with Gasteiger partial charge in [-0.1, -0.05) is 23.1 Å². The summed E-state index contributed by atoms with van der Waals surface area (Å²) in [6.07, 6.45) is 0.422. The van der Waals surface area contributed by atoms with Crippen molar-refractivity contribution in [2.45, 2.75) is 43.2 Å². The van der Waals surface area contributed by atoms with Crippen LogP contribution in [0.15, 0.2) is 14.9 Å². The van der Waals surface area contributed by atoms with Crippen LogP contribution < -0.4 is 0 Å². The maximum atomic E-state index is 12.2. The first-order valence-electron chi connectivity index (χ1n) is 6.70. The van der Waals surface area contributed by atoms with Gasteiger partial charge in [0.05, 0.1) is 17.6 Å². The fourth-order valence-electron chi connectivity index (χ4n) is 2.96. The number of carboxylic acids is 1. The summed E-state index contributed by atoms with van der Waals surface area (Å²) in [4.78, 5) is 25.7. The van der Waals surface area contributed by atoms with Gasteiger partial charge in [0.25, 0.3) is 0 Å². The number of hydrogen-bond acceptors (Lipinski definition) is 7. The number of aryl methyl sites for hydroxylation is 1. The SMILES string of the molecule is Cc1nnc(SC2=C(C(=O)O)N3C(=O)[C@@H](C(C)(C)O)[C@H]3C2)s1. The van der Waals surface area contributed by atoms with E-state index in [2.05, 4.69) is 10.2 Å². The number of amides is 1. The number of nitrogens with zero attached hydrogens (tertiary/aromatic N) is 3. The van der Waals surface area contributed by atoms with E-state index in [0.29, 0.717) is 15.7 Å². The maximum absolute atomic E-state index is 12.2. The topological polar surface area (TPSA) is 104 Å². The number of aliphatic carboxylic acids is 1. The molecule has 2 aliphatic heterocycles. The van der Waals surface area contributed by atoms with Gasteiger partial charge >= 0.3 is 5.97 Å². The highest BCUT2D eigenvalue weighted by molar-refractivity contribution is 8.04. The molecule has 0 spiro atoms. The number of β-lactam (4-membered cyclic amide) rings is 1. The summed E-state index contributed by atoms with van der Waals surface area (Å²) < 4.78 is 0.654. The number of aromatic nitrogens is 2. The molecule has 22 heavy (non-hydrogen) atoms. The molecule has 3 heterocycles. The summed E-state index contributed by atoms with van der Waals surface area (Å²) in [5.74, 6) is -2.04. The number of hydrogen-bond donors (Lipinski definition) is 2. The third-order valence-corrected chi connectivity index (χ3v) is 5.80. The van der Waals surface area contributed by atoms with Crippen LogP contribution >= 0.6 is 23.1 Å². The molecule has 9 heteroatoms. The smallest absolute Gasteiger partial charge is 0.353 e.